The standard InChI is InChI=1S/C16H20N2O4/c1-10(2)18-14-5-4-12(7-11(14)3-6-15(18)20)17-8-13(9-19)22-16(17)21/h4-5,7,10,13,19H,3,6,8-9H2,1-2H3/t13-/m1/s1. The third kappa shape index (κ3) is 2.43. The van der Waals surface area contributed by atoms with E-state index in [-0.39, 0.29) is 18.6 Å². The van der Waals surface area contributed by atoms with E-state index < -0.39 is 12.2 Å². The van der Waals surface area contributed by atoms with Crippen molar-refractivity contribution in [2.45, 2.75) is 38.8 Å². The van der Waals surface area contributed by atoms with E-state index >= 15 is 0 Å². The van der Waals surface area contributed by atoms with Crippen LogP contribution in [0.1, 0.15) is 25.8 Å². The van der Waals surface area contributed by atoms with Gasteiger partial charge in [0.2, 0.25) is 5.91 Å². The summed E-state index contributed by atoms with van der Waals surface area (Å²) in [7, 11) is 0. The van der Waals surface area contributed by atoms with Gasteiger partial charge in [0.25, 0.3) is 0 Å². The second-order valence-corrected chi connectivity index (χ2v) is 5.97. The molecule has 0 saturated carbocycles. The summed E-state index contributed by atoms with van der Waals surface area (Å²) in [5, 5.41) is 9.12. The summed E-state index contributed by atoms with van der Waals surface area (Å²) in [4.78, 5) is 27.3. The minimum atomic E-state index is -0.475. The minimum absolute atomic E-state index is 0.105. The van der Waals surface area contributed by atoms with Crippen molar-refractivity contribution in [3.63, 3.8) is 0 Å². The first-order valence-corrected chi connectivity index (χ1v) is 7.55. The molecule has 1 saturated heterocycles. The number of hydrogen-bond acceptors (Lipinski definition) is 4. The van der Waals surface area contributed by atoms with Gasteiger partial charge in [0.1, 0.15) is 6.10 Å². The van der Waals surface area contributed by atoms with Crippen molar-refractivity contribution < 1.29 is 19.4 Å². The fourth-order valence-electron chi connectivity index (χ4n) is 3.07. The van der Waals surface area contributed by atoms with Gasteiger partial charge in [-0.25, -0.2) is 4.79 Å². The highest BCUT2D eigenvalue weighted by atomic mass is 16.6. The van der Waals surface area contributed by atoms with Gasteiger partial charge in [-0.2, -0.15) is 0 Å². The first kappa shape index (κ1) is 14.8. The second kappa shape index (κ2) is 5.61. The number of rotatable bonds is 3. The maximum atomic E-state index is 12.1. The number of amides is 2. The molecule has 1 N–H and O–H groups in total. The number of aliphatic hydroxyl groups is 1. The number of carbonyl (C=O) groups excluding carboxylic acids is 2. The predicted molar refractivity (Wildman–Crippen MR) is 82.1 cm³/mol. The van der Waals surface area contributed by atoms with Gasteiger partial charge < -0.3 is 14.7 Å². The summed E-state index contributed by atoms with van der Waals surface area (Å²) in [6.07, 6.45) is 0.250. The Morgan fingerprint density at radius 2 is 2.09 bits per heavy atom. The van der Waals surface area contributed by atoms with E-state index in [9.17, 15) is 9.59 Å². The number of cyclic esters (lactones) is 1. The zero-order valence-electron chi connectivity index (χ0n) is 12.8. The number of aliphatic hydroxyl groups excluding tert-OH is 1. The number of hydrogen-bond donors (Lipinski definition) is 1. The largest absolute Gasteiger partial charge is 0.441 e. The Morgan fingerprint density at radius 3 is 2.73 bits per heavy atom. The predicted octanol–water partition coefficient (Wildman–Crippen LogP) is 1.69. The number of nitrogens with zero attached hydrogens (tertiary/aromatic N) is 2. The van der Waals surface area contributed by atoms with E-state index in [0.29, 0.717) is 19.4 Å². The van der Waals surface area contributed by atoms with E-state index in [4.69, 9.17) is 9.84 Å². The molecule has 1 fully saturated rings. The molecule has 0 aromatic heterocycles. The molecule has 6 heteroatoms. The number of carbonyl (C=O) groups is 2. The minimum Gasteiger partial charge on any atom is -0.441 e. The van der Waals surface area contributed by atoms with Crippen LogP contribution in [0.2, 0.25) is 0 Å². The van der Waals surface area contributed by atoms with Crippen LogP contribution in [-0.4, -0.2) is 42.4 Å². The third-order valence-electron chi connectivity index (χ3n) is 4.11. The van der Waals surface area contributed by atoms with E-state index in [1.807, 2.05) is 32.0 Å². The number of aryl methyl sites for hydroxylation is 1. The van der Waals surface area contributed by atoms with Crippen molar-refractivity contribution in [1.82, 2.24) is 0 Å². The Kier molecular flexibility index (Phi) is 3.78. The van der Waals surface area contributed by atoms with Crippen molar-refractivity contribution in [3.8, 4) is 0 Å². The molecule has 0 spiro atoms. The number of fused-ring (bicyclic) bond motifs is 1. The van der Waals surface area contributed by atoms with E-state index in [2.05, 4.69) is 0 Å². The highest BCUT2D eigenvalue weighted by Gasteiger charge is 2.33. The summed E-state index contributed by atoms with van der Waals surface area (Å²) >= 11 is 0. The van der Waals surface area contributed by atoms with Crippen LogP contribution in [0.4, 0.5) is 16.2 Å². The molecule has 3 rings (SSSR count). The molecule has 2 aliphatic heterocycles. The van der Waals surface area contributed by atoms with Gasteiger partial charge in [-0.1, -0.05) is 0 Å². The molecule has 2 amide bonds. The Bertz CT molecular complexity index is 614. The molecule has 6 nitrogen and oxygen atoms in total. The monoisotopic (exact) mass is 304 g/mol. The van der Waals surface area contributed by atoms with E-state index in [0.717, 1.165) is 16.9 Å². The zero-order chi connectivity index (χ0) is 15.9. The topological polar surface area (TPSA) is 70.1 Å². The molecule has 0 aliphatic carbocycles. The first-order valence-electron chi connectivity index (χ1n) is 7.55. The fourth-order valence-corrected chi connectivity index (χ4v) is 3.07. The quantitative estimate of drug-likeness (QED) is 0.922. The molecule has 1 atom stereocenters. The van der Waals surface area contributed by atoms with Crippen molar-refractivity contribution in [2.24, 2.45) is 0 Å². The fraction of sp³-hybridized carbons (Fsp3) is 0.500. The van der Waals surface area contributed by atoms with E-state index in [1.54, 1.807) is 4.90 Å². The normalized spacial score (nSPS) is 21.4. The van der Waals surface area contributed by atoms with Crippen LogP contribution in [0.5, 0.6) is 0 Å². The second-order valence-electron chi connectivity index (χ2n) is 5.97. The molecule has 1 aromatic rings. The van der Waals surface area contributed by atoms with Crippen LogP contribution < -0.4 is 9.80 Å². The van der Waals surface area contributed by atoms with Gasteiger partial charge in [-0.15, -0.1) is 0 Å². The Labute approximate surface area is 129 Å². The van der Waals surface area contributed by atoms with Gasteiger partial charge in [-0.3, -0.25) is 9.69 Å². The van der Waals surface area contributed by atoms with Gasteiger partial charge in [-0.05, 0) is 44.0 Å². The lowest BCUT2D eigenvalue weighted by Gasteiger charge is -2.33. The molecule has 0 bridgehead atoms. The lowest BCUT2D eigenvalue weighted by Crippen LogP contribution is -2.40. The highest BCUT2D eigenvalue weighted by molar-refractivity contribution is 5.98. The van der Waals surface area contributed by atoms with Crippen LogP contribution >= 0.6 is 0 Å². The van der Waals surface area contributed by atoms with Gasteiger partial charge in [0, 0.05) is 23.8 Å². The van der Waals surface area contributed by atoms with Crippen molar-refractivity contribution in [3.05, 3.63) is 23.8 Å². The van der Waals surface area contributed by atoms with Crippen molar-refractivity contribution >= 4 is 23.4 Å². The molecular formula is C16H20N2O4. The first-order chi connectivity index (χ1) is 10.5. The molecular weight excluding hydrogens is 284 g/mol. The summed E-state index contributed by atoms with van der Waals surface area (Å²) < 4.78 is 5.07. The SMILES string of the molecule is CC(C)N1C(=O)CCc2cc(N3C[C@H](CO)OC3=O)ccc21. The van der Waals surface area contributed by atoms with Crippen LogP contribution in [0, 0.1) is 0 Å². The van der Waals surface area contributed by atoms with Gasteiger partial charge in [0.05, 0.1) is 13.2 Å². The molecule has 118 valence electrons. The summed E-state index contributed by atoms with van der Waals surface area (Å²) in [6, 6.07) is 5.76. The Balaban J connectivity index is 1.92. The van der Waals surface area contributed by atoms with Crippen LogP contribution in [-0.2, 0) is 16.0 Å². The highest BCUT2D eigenvalue weighted by Crippen LogP contribution is 2.33. The maximum absolute atomic E-state index is 12.1. The lowest BCUT2D eigenvalue weighted by molar-refractivity contribution is -0.119. The Hall–Kier alpha value is -2.08. The molecule has 2 heterocycles. The summed E-state index contributed by atoms with van der Waals surface area (Å²) in [5.41, 5.74) is 2.73. The molecule has 0 radical (unpaired) electrons. The van der Waals surface area contributed by atoms with Crippen molar-refractivity contribution in [1.29, 1.82) is 0 Å². The molecule has 0 unspecified atom stereocenters. The lowest BCUT2D eigenvalue weighted by atomic mass is 9.99. The average Bonchev–Trinajstić information content (AvgIpc) is 2.87. The molecule has 1 aromatic carbocycles. The van der Waals surface area contributed by atoms with E-state index in [1.165, 1.54) is 4.90 Å². The number of anilines is 2. The average molecular weight is 304 g/mol. The third-order valence-corrected chi connectivity index (χ3v) is 4.11. The van der Waals surface area contributed by atoms with Crippen LogP contribution in [0.15, 0.2) is 18.2 Å². The molecule has 2 aliphatic rings. The summed E-state index contributed by atoms with van der Waals surface area (Å²) in [5.74, 6) is 0.135. The number of benzene rings is 1. The van der Waals surface area contributed by atoms with Crippen molar-refractivity contribution in [2.75, 3.05) is 23.0 Å². The van der Waals surface area contributed by atoms with Crippen LogP contribution in [0.3, 0.4) is 0 Å². The smallest absolute Gasteiger partial charge is 0.414 e. The maximum Gasteiger partial charge on any atom is 0.414 e. The molecule has 22 heavy (non-hydrogen) atoms. The summed E-state index contributed by atoms with van der Waals surface area (Å²) in [6.45, 7) is 4.15. The van der Waals surface area contributed by atoms with Crippen LogP contribution in [0.25, 0.3) is 0 Å². The van der Waals surface area contributed by atoms with Gasteiger partial charge in [0.15, 0.2) is 0 Å². The number of ether oxygens (including phenoxy) is 1. The Morgan fingerprint density at radius 1 is 1.32 bits per heavy atom. The zero-order valence-corrected chi connectivity index (χ0v) is 12.8. The van der Waals surface area contributed by atoms with Gasteiger partial charge >= 0.3 is 6.09 Å².